The number of nitrogens with zero attached hydrogens (tertiary/aromatic N) is 2. The lowest BCUT2D eigenvalue weighted by molar-refractivity contribution is 0.172. The number of benzene rings is 1. The van der Waals surface area contributed by atoms with Gasteiger partial charge in [0.1, 0.15) is 24.0 Å². The summed E-state index contributed by atoms with van der Waals surface area (Å²) < 4.78 is 15.4. The van der Waals surface area contributed by atoms with Gasteiger partial charge in [0.2, 0.25) is 0 Å². The number of imidazole rings is 1. The molecule has 7 heteroatoms. The van der Waals surface area contributed by atoms with E-state index in [0.717, 1.165) is 39.6 Å². The number of anilines is 1. The van der Waals surface area contributed by atoms with Gasteiger partial charge >= 0.3 is 0 Å². The van der Waals surface area contributed by atoms with Gasteiger partial charge in [-0.3, -0.25) is 0 Å². The average Bonchev–Trinajstić information content (AvgIpc) is 2.98. The molecule has 3 aromatic rings. The lowest BCUT2D eigenvalue weighted by atomic mass is 10.2. The first-order chi connectivity index (χ1) is 9.72. The summed E-state index contributed by atoms with van der Waals surface area (Å²) in [5, 5.41) is 0.666. The van der Waals surface area contributed by atoms with Crippen LogP contribution in [0, 0.1) is 6.92 Å². The van der Waals surface area contributed by atoms with Gasteiger partial charge in [0.05, 0.1) is 22.3 Å². The van der Waals surface area contributed by atoms with Crippen LogP contribution in [0.4, 0.5) is 5.00 Å². The van der Waals surface area contributed by atoms with Gasteiger partial charge in [-0.1, -0.05) is 0 Å². The Labute approximate surface area is 118 Å². The zero-order valence-corrected chi connectivity index (χ0v) is 11.6. The number of nitrogens with two attached hydrogens (primary N) is 1. The second-order valence-electron chi connectivity index (χ2n) is 4.61. The molecule has 0 unspecified atom stereocenters. The van der Waals surface area contributed by atoms with E-state index in [4.69, 9.17) is 15.2 Å². The van der Waals surface area contributed by atoms with Crippen molar-refractivity contribution in [3.8, 4) is 22.9 Å². The van der Waals surface area contributed by atoms with E-state index in [2.05, 4.69) is 14.3 Å². The Balaban J connectivity index is 1.91. The van der Waals surface area contributed by atoms with Crippen molar-refractivity contribution < 1.29 is 9.47 Å². The predicted molar refractivity (Wildman–Crippen MR) is 77.3 cm³/mol. The number of rotatable bonds is 1. The molecule has 4 rings (SSSR count). The summed E-state index contributed by atoms with van der Waals surface area (Å²) in [5.74, 6) is 2.20. The lowest BCUT2D eigenvalue weighted by Gasteiger charge is -2.17. The molecule has 0 atom stereocenters. The van der Waals surface area contributed by atoms with E-state index in [1.54, 1.807) is 0 Å². The minimum absolute atomic E-state index is 0.566. The highest BCUT2D eigenvalue weighted by Crippen LogP contribution is 2.36. The molecule has 0 amide bonds. The fraction of sp³-hybridized carbons (Fsp3) is 0.231. The maximum absolute atomic E-state index is 5.96. The second-order valence-corrected chi connectivity index (χ2v) is 5.41. The van der Waals surface area contributed by atoms with Gasteiger partial charge in [-0.05, 0) is 18.5 Å². The summed E-state index contributed by atoms with van der Waals surface area (Å²) in [6.45, 7) is 3.06. The Morgan fingerprint density at radius 3 is 2.70 bits per heavy atom. The first kappa shape index (κ1) is 11.5. The molecule has 102 valence electrons. The van der Waals surface area contributed by atoms with E-state index >= 15 is 0 Å². The fourth-order valence-corrected chi connectivity index (χ4v) is 3.00. The molecule has 0 spiro atoms. The molecule has 6 nitrogen and oxygen atoms in total. The van der Waals surface area contributed by atoms with Crippen LogP contribution in [0.5, 0.6) is 11.5 Å². The number of H-pyrrole nitrogens is 1. The summed E-state index contributed by atoms with van der Waals surface area (Å²) in [4.78, 5) is 7.85. The maximum atomic E-state index is 5.96. The number of aromatic amines is 1. The zero-order valence-electron chi connectivity index (χ0n) is 10.8. The van der Waals surface area contributed by atoms with Crippen molar-refractivity contribution in [3.63, 3.8) is 0 Å². The van der Waals surface area contributed by atoms with E-state index in [0.29, 0.717) is 18.2 Å². The predicted octanol–water partition coefficient (Wildman–Crippen LogP) is 2.35. The monoisotopic (exact) mass is 288 g/mol. The SMILES string of the molecule is Cc1nsc(N)c1-c1nc2cc3c(cc2[nH]1)OCCO3. The topological polar surface area (TPSA) is 86.1 Å². The molecule has 3 N–H and O–H groups in total. The fourth-order valence-electron chi connectivity index (χ4n) is 2.34. The van der Waals surface area contributed by atoms with E-state index in [9.17, 15) is 0 Å². The van der Waals surface area contributed by atoms with Gasteiger partial charge in [0, 0.05) is 12.1 Å². The van der Waals surface area contributed by atoms with E-state index in [-0.39, 0.29) is 0 Å². The first-order valence-corrected chi connectivity index (χ1v) is 7.01. The lowest BCUT2D eigenvalue weighted by Crippen LogP contribution is -2.15. The van der Waals surface area contributed by atoms with Crippen LogP contribution in [0.1, 0.15) is 5.69 Å². The largest absolute Gasteiger partial charge is 0.486 e. The van der Waals surface area contributed by atoms with Gasteiger partial charge in [-0.2, -0.15) is 4.37 Å². The standard InChI is InChI=1S/C13H12N4O2S/c1-6-11(12(14)20-17-6)13-15-7-4-9-10(5-8(7)16-13)19-3-2-18-9/h4-5H,2-3,14H2,1H3,(H,15,16). The van der Waals surface area contributed by atoms with E-state index in [1.807, 2.05) is 19.1 Å². The van der Waals surface area contributed by atoms with Crippen LogP contribution < -0.4 is 15.2 Å². The Morgan fingerprint density at radius 1 is 1.25 bits per heavy atom. The van der Waals surface area contributed by atoms with Crippen LogP contribution in [-0.4, -0.2) is 27.6 Å². The normalized spacial score (nSPS) is 13.8. The molecular weight excluding hydrogens is 276 g/mol. The van der Waals surface area contributed by atoms with Gasteiger partial charge in [0.25, 0.3) is 0 Å². The number of nitrogens with one attached hydrogen (secondary N) is 1. The number of hydrogen-bond acceptors (Lipinski definition) is 6. The summed E-state index contributed by atoms with van der Waals surface area (Å²) in [6, 6.07) is 3.79. The second kappa shape index (κ2) is 4.11. The zero-order chi connectivity index (χ0) is 13.7. The molecule has 0 fully saturated rings. The molecule has 20 heavy (non-hydrogen) atoms. The highest BCUT2D eigenvalue weighted by atomic mass is 32.1. The van der Waals surface area contributed by atoms with Crippen molar-refractivity contribution in [2.45, 2.75) is 6.92 Å². The summed E-state index contributed by atoms with van der Waals surface area (Å²) >= 11 is 1.28. The number of aromatic nitrogens is 3. The van der Waals surface area contributed by atoms with Gasteiger partial charge in [-0.15, -0.1) is 0 Å². The number of ether oxygens (including phenoxy) is 2. The maximum Gasteiger partial charge on any atom is 0.163 e. The van der Waals surface area contributed by atoms with Crippen LogP contribution in [0.3, 0.4) is 0 Å². The minimum Gasteiger partial charge on any atom is -0.486 e. The Morgan fingerprint density at radius 2 is 2.00 bits per heavy atom. The van der Waals surface area contributed by atoms with Gasteiger partial charge in [0.15, 0.2) is 11.5 Å². The molecule has 1 aliphatic heterocycles. The Bertz CT molecular complexity index is 746. The van der Waals surface area contributed by atoms with Gasteiger partial charge < -0.3 is 20.2 Å². The van der Waals surface area contributed by atoms with Crippen molar-refractivity contribution in [3.05, 3.63) is 17.8 Å². The highest BCUT2D eigenvalue weighted by molar-refractivity contribution is 7.10. The highest BCUT2D eigenvalue weighted by Gasteiger charge is 2.18. The van der Waals surface area contributed by atoms with E-state index < -0.39 is 0 Å². The molecule has 3 heterocycles. The molecule has 2 aromatic heterocycles. The molecule has 0 bridgehead atoms. The smallest absolute Gasteiger partial charge is 0.163 e. The van der Waals surface area contributed by atoms with Crippen LogP contribution in [0.25, 0.3) is 22.4 Å². The van der Waals surface area contributed by atoms with Crippen LogP contribution in [-0.2, 0) is 0 Å². The third-order valence-electron chi connectivity index (χ3n) is 3.27. The van der Waals surface area contributed by atoms with Crippen LogP contribution in [0.2, 0.25) is 0 Å². The number of fused-ring (bicyclic) bond motifs is 2. The summed E-state index contributed by atoms with van der Waals surface area (Å²) in [6.07, 6.45) is 0. The van der Waals surface area contributed by atoms with Crippen LogP contribution in [0.15, 0.2) is 12.1 Å². The van der Waals surface area contributed by atoms with Gasteiger partial charge in [-0.25, -0.2) is 4.98 Å². The number of nitrogen functional groups attached to an aromatic ring is 1. The minimum atomic E-state index is 0.566. The van der Waals surface area contributed by atoms with Crippen LogP contribution >= 0.6 is 11.5 Å². The molecule has 1 aromatic carbocycles. The third kappa shape index (κ3) is 1.63. The molecule has 0 saturated carbocycles. The molecule has 0 saturated heterocycles. The Kier molecular flexibility index (Phi) is 2.37. The first-order valence-electron chi connectivity index (χ1n) is 6.24. The Hall–Kier alpha value is -2.28. The molecular formula is C13H12N4O2S. The van der Waals surface area contributed by atoms with Crippen molar-refractivity contribution in [1.82, 2.24) is 14.3 Å². The molecule has 0 radical (unpaired) electrons. The van der Waals surface area contributed by atoms with Crippen molar-refractivity contribution in [1.29, 1.82) is 0 Å². The quantitative estimate of drug-likeness (QED) is 0.718. The van der Waals surface area contributed by atoms with Crippen molar-refractivity contribution in [2.24, 2.45) is 0 Å². The third-order valence-corrected chi connectivity index (χ3v) is 4.04. The summed E-state index contributed by atoms with van der Waals surface area (Å²) in [5.41, 5.74) is 9.43. The average molecular weight is 288 g/mol. The molecule has 0 aliphatic carbocycles. The van der Waals surface area contributed by atoms with Crippen molar-refractivity contribution >= 4 is 27.6 Å². The molecule has 1 aliphatic rings. The summed E-state index contributed by atoms with van der Waals surface area (Å²) in [7, 11) is 0. The van der Waals surface area contributed by atoms with E-state index in [1.165, 1.54) is 11.5 Å². The number of aryl methyl sites for hydroxylation is 1. The van der Waals surface area contributed by atoms with Crippen molar-refractivity contribution in [2.75, 3.05) is 18.9 Å². The number of hydrogen-bond donors (Lipinski definition) is 2.